The van der Waals surface area contributed by atoms with Gasteiger partial charge in [-0.3, -0.25) is 4.79 Å². The van der Waals surface area contributed by atoms with Crippen LogP contribution in [0.5, 0.6) is 0 Å². The van der Waals surface area contributed by atoms with Gasteiger partial charge in [0, 0.05) is 18.9 Å². The van der Waals surface area contributed by atoms with Crippen molar-refractivity contribution in [2.45, 2.75) is 77.7 Å². The van der Waals surface area contributed by atoms with Crippen molar-refractivity contribution in [2.24, 2.45) is 5.92 Å². The second kappa shape index (κ2) is 8.98. The lowest BCUT2D eigenvalue weighted by atomic mass is 9.91. The van der Waals surface area contributed by atoms with E-state index in [1.165, 1.54) is 13.0 Å². The summed E-state index contributed by atoms with van der Waals surface area (Å²) in [5.41, 5.74) is 0. The highest BCUT2D eigenvalue weighted by Gasteiger charge is 2.33. The molecule has 2 aliphatic heterocycles. The molecule has 26 heavy (non-hydrogen) atoms. The van der Waals surface area contributed by atoms with E-state index in [-0.39, 0.29) is 17.9 Å². The predicted molar refractivity (Wildman–Crippen MR) is 101 cm³/mol. The van der Waals surface area contributed by atoms with Crippen molar-refractivity contribution in [2.75, 3.05) is 26.2 Å². The SMILES string of the molecule is CCCN1CCC(CC(=O)N2CCCC[C@H]2c2nc(C(C)C)no2)CC1. The zero-order valence-electron chi connectivity index (χ0n) is 16.6. The van der Waals surface area contributed by atoms with Crippen LogP contribution in [0.3, 0.4) is 0 Å². The summed E-state index contributed by atoms with van der Waals surface area (Å²) in [6, 6.07) is -0.0311. The van der Waals surface area contributed by atoms with Crippen molar-refractivity contribution in [3.05, 3.63) is 11.7 Å². The predicted octanol–water partition coefficient (Wildman–Crippen LogP) is 3.76. The summed E-state index contributed by atoms with van der Waals surface area (Å²) in [7, 11) is 0. The molecule has 6 heteroatoms. The van der Waals surface area contributed by atoms with Gasteiger partial charge in [0.25, 0.3) is 0 Å². The van der Waals surface area contributed by atoms with Crippen LogP contribution in [0.1, 0.15) is 89.4 Å². The highest BCUT2D eigenvalue weighted by molar-refractivity contribution is 5.77. The third-order valence-corrected chi connectivity index (χ3v) is 5.79. The molecule has 1 aromatic heterocycles. The second-order valence-corrected chi connectivity index (χ2v) is 8.23. The average Bonchev–Trinajstić information content (AvgIpc) is 3.14. The Bertz CT molecular complexity index is 578. The van der Waals surface area contributed by atoms with Gasteiger partial charge < -0.3 is 14.3 Å². The lowest BCUT2D eigenvalue weighted by molar-refractivity contribution is -0.137. The highest BCUT2D eigenvalue weighted by Crippen LogP contribution is 2.32. The first-order valence-corrected chi connectivity index (χ1v) is 10.4. The van der Waals surface area contributed by atoms with E-state index >= 15 is 0 Å². The molecule has 0 saturated carbocycles. The van der Waals surface area contributed by atoms with Crippen molar-refractivity contribution < 1.29 is 9.32 Å². The second-order valence-electron chi connectivity index (χ2n) is 8.23. The molecule has 2 aliphatic rings. The minimum absolute atomic E-state index is 0.0311. The largest absolute Gasteiger partial charge is 0.337 e. The molecule has 0 aliphatic carbocycles. The monoisotopic (exact) mass is 362 g/mol. The molecular weight excluding hydrogens is 328 g/mol. The summed E-state index contributed by atoms with van der Waals surface area (Å²) in [6.45, 7) is 10.6. The summed E-state index contributed by atoms with van der Waals surface area (Å²) in [4.78, 5) is 22.1. The van der Waals surface area contributed by atoms with Gasteiger partial charge in [0.2, 0.25) is 11.8 Å². The number of carbonyl (C=O) groups is 1. The van der Waals surface area contributed by atoms with E-state index in [0.29, 0.717) is 18.2 Å². The van der Waals surface area contributed by atoms with Crippen molar-refractivity contribution in [3.63, 3.8) is 0 Å². The maximum absolute atomic E-state index is 13.0. The number of hydrogen-bond acceptors (Lipinski definition) is 5. The molecule has 0 aromatic carbocycles. The first-order chi connectivity index (χ1) is 12.6. The standard InChI is InChI=1S/C20H34N4O2/c1-4-10-23-12-8-16(9-13-23)14-18(25)24-11-6-5-7-17(24)20-21-19(15(2)3)22-26-20/h15-17H,4-14H2,1-3H3/t17-/m0/s1. The number of carbonyl (C=O) groups excluding carboxylic acids is 1. The Labute approximate surface area is 157 Å². The summed E-state index contributed by atoms with van der Waals surface area (Å²) in [6.07, 6.45) is 7.28. The number of likely N-dealkylation sites (tertiary alicyclic amines) is 2. The van der Waals surface area contributed by atoms with Gasteiger partial charge in [-0.25, -0.2) is 0 Å². The van der Waals surface area contributed by atoms with Gasteiger partial charge in [0.15, 0.2) is 5.82 Å². The molecule has 0 unspecified atom stereocenters. The maximum Gasteiger partial charge on any atom is 0.249 e. The van der Waals surface area contributed by atoms with E-state index in [1.54, 1.807) is 0 Å². The molecule has 3 rings (SSSR count). The van der Waals surface area contributed by atoms with Crippen molar-refractivity contribution >= 4 is 5.91 Å². The van der Waals surface area contributed by atoms with Gasteiger partial charge in [-0.1, -0.05) is 25.9 Å². The Balaban J connectivity index is 1.59. The van der Waals surface area contributed by atoms with Gasteiger partial charge in [-0.2, -0.15) is 4.98 Å². The van der Waals surface area contributed by atoms with Gasteiger partial charge in [0.1, 0.15) is 6.04 Å². The smallest absolute Gasteiger partial charge is 0.249 e. The lowest BCUT2D eigenvalue weighted by Crippen LogP contribution is -2.41. The zero-order chi connectivity index (χ0) is 18.5. The third-order valence-electron chi connectivity index (χ3n) is 5.79. The van der Waals surface area contributed by atoms with Crippen LogP contribution in [0.25, 0.3) is 0 Å². The molecule has 2 saturated heterocycles. The summed E-state index contributed by atoms with van der Waals surface area (Å²) >= 11 is 0. The summed E-state index contributed by atoms with van der Waals surface area (Å²) in [5.74, 6) is 2.40. The number of hydrogen-bond donors (Lipinski definition) is 0. The molecular formula is C20H34N4O2. The van der Waals surface area contributed by atoms with Crippen LogP contribution in [-0.4, -0.2) is 52.0 Å². The van der Waals surface area contributed by atoms with E-state index in [9.17, 15) is 4.79 Å². The fourth-order valence-corrected chi connectivity index (χ4v) is 4.20. The number of rotatable bonds is 6. The Morgan fingerprint density at radius 3 is 2.62 bits per heavy atom. The molecule has 3 heterocycles. The van der Waals surface area contributed by atoms with E-state index in [4.69, 9.17) is 4.52 Å². The minimum Gasteiger partial charge on any atom is -0.337 e. The zero-order valence-corrected chi connectivity index (χ0v) is 16.6. The van der Waals surface area contributed by atoms with Crippen LogP contribution >= 0.6 is 0 Å². The fourth-order valence-electron chi connectivity index (χ4n) is 4.20. The molecule has 1 aromatic rings. The molecule has 0 spiro atoms. The van der Waals surface area contributed by atoms with Crippen molar-refractivity contribution in [3.8, 4) is 0 Å². The fraction of sp³-hybridized carbons (Fsp3) is 0.850. The topological polar surface area (TPSA) is 62.5 Å². The summed E-state index contributed by atoms with van der Waals surface area (Å²) < 4.78 is 5.52. The van der Waals surface area contributed by atoms with E-state index in [2.05, 4.69) is 35.8 Å². The van der Waals surface area contributed by atoms with Crippen LogP contribution < -0.4 is 0 Å². The molecule has 0 radical (unpaired) electrons. The number of aromatic nitrogens is 2. The van der Waals surface area contributed by atoms with Gasteiger partial charge >= 0.3 is 0 Å². The van der Waals surface area contributed by atoms with E-state index < -0.39 is 0 Å². The normalized spacial score (nSPS) is 22.9. The Morgan fingerprint density at radius 2 is 1.96 bits per heavy atom. The molecule has 2 fully saturated rings. The molecule has 1 amide bonds. The van der Waals surface area contributed by atoms with Crippen molar-refractivity contribution in [1.29, 1.82) is 0 Å². The number of nitrogens with zero attached hydrogens (tertiary/aromatic N) is 4. The highest BCUT2D eigenvalue weighted by atomic mass is 16.5. The van der Waals surface area contributed by atoms with Crippen LogP contribution in [-0.2, 0) is 4.79 Å². The average molecular weight is 363 g/mol. The van der Waals surface area contributed by atoms with E-state index in [0.717, 1.165) is 57.6 Å². The van der Waals surface area contributed by atoms with Gasteiger partial charge in [-0.15, -0.1) is 0 Å². The first kappa shape index (κ1) is 19.3. The van der Waals surface area contributed by atoms with Crippen LogP contribution in [0, 0.1) is 5.92 Å². The maximum atomic E-state index is 13.0. The van der Waals surface area contributed by atoms with Crippen LogP contribution in [0.2, 0.25) is 0 Å². The van der Waals surface area contributed by atoms with Crippen LogP contribution in [0.4, 0.5) is 0 Å². The van der Waals surface area contributed by atoms with Crippen LogP contribution in [0.15, 0.2) is 4.52 Å². The molecule has 0 N–H and O–H groups in total. The third kappa shape index (κ3) is 4.64. The minimum atomic E-state index is -0.0311. The van der Waals surface area contributed by atoms with Gasteiger partial charge in [0.05, 0.1) is 0 Å². The first-order valence-electron chi connectivity index (χ1n) is 10.4. The van der Waals surface area contributed by atoms with Gasteiger partial charge in [-0.05, 0) is 64.1 Å². The Kier molecular flexibility index (Phi) is 6.68. The molecule has 1 atom stereocenters. The molecule has 146 valence electrons. The number of amides is 1. The summed E-state index contributed by atoms with van der Waals surface area (Å²) in [5, 5.41) is 4.10. The van der Waals surface area contributed by atoms with Crippen molar-refractivity contribution in [1.82, 2.24) is 19.9 Å². The number of piperidine rings is 2. The van der Waals surface area contributed by atoms with E-state index in [1.807, 2.05) is 4.90 Å². The lowest BCUT2D eigenvalue weighted by Gasteiger charge is -2.36. The quantitative estimate of drug-likeness (QED) is 0.771. The molecule has 0 bridgehead atoms. The molecule has 6 nitrogen and oxygen atoms in total. The Hall–Kier alpha value is -1.43. The Morgan fingerprint density at radius 1 is 1.19 bits per heavy atom.